The van der Waals surface area contributed by atoms with Gasteiger partial charge in [0.15, 0.2) is 0 Å². The van der Waals surface area contributed by atoms with Crippen LogP contribution in [-0.2, 0) is 9.53 Å². The lowest BCUT2D eigenvalue weighted by Gasteiger charge is -1.97. The van der Waals surface area contributed by atoms with Crippen molar-refractivity contribution >= 4 is 18.4 Å². The Morgan fingerprint density at radius 3 is 2.60 bits per heavy atom. The molecule has 0 aliphatic rings. The smallest absolute Gasteiger partial charge is 0.305 e. The van der Waals surface area contributed by atoms with Crippen LogP contribution in [0.3, 0.4) is 0 Å². The Morgan fingerprint density at radius 1 is 1.60 bits per heavy atom. The van der Waals surface area contributed by atoms with Crippen LogP contribution in [0, 0.1) is 0 Å². The van der Waals surface area contributed by atoms with Crippen molar-refractivity contribution < 1.29 is 13.9 Å². The van der Waals surface area contributed by atoms with Gasteiger partial charge < -0.3 is 4.74 Å². The number of alkyl halides is 1. The molecule has 0 aromatic rings. The highest BCUT2D eigenvalue weighted by atomic mass is 35.5. The first kappa shape index (κ1) is 12.4. The number of rotatable bonds is 4. The minimum atomic E-state index is -0.588. The summed E-state index contributed by atoms with van der Waals surface area (Å²) in [5.41, 5.74) is 0. The van der Waals surface area contributed by atoms with Gasteiger partial charge in [-0.05, 0) is 6.42 Å². The van der Waals surface area contributed by atoms with Crippen LogP contribution >= 0.6 is 12.4 Å². The van der Waals surface area contributed by atoms with Gasteiger partial charge in [0.1, 0.15) is 13.3 Å². The Balaban J connectivity index is 0. The van der Waals surface area contributed by atoms with Crippen LogP contribution in [0.4, 0.5) is 4.39 Å². The molecule has 0 spiro atoms. The summed E-state index contributed by atoms with van der Waals surface area (Å²) in [7, 11) is 0. The molecule has 0 heterocycles. The maximum atomic E-state index is 11.3. The van der Waals surface area contributed by atoms with Gasteiger partial charge in [-0.2, -0.15) is 0 Å². The van der Waals surface area contributed by atoms with Gasteiger partial charge in [0.2, 0.25) is 0 Å². The average Bonchev–Trinajstić information content (AvgIpc) is 1.85. The first-order valence-electron chi connectivity index (χ1n) is 3.02. The van der Waals surface area contributed by atoms with E-state index in [0.717, 1.165) is 6.42 Å². The molecule has 0 saturated carbocycles. The molecule has 0 fully saturated rings. The third kappa shape index (κ3) is 7.69. The maximum Gasteiger partial charge on any atom is 0.305 e. The molecule has 4 heteroatoms. The second-order valence-corrected chi connectivity index (χ2v) is 1.66. The van der Waals surface area contributed by atoms with Gasteiger partial charge in [-0.25, -0.2) is 4.39 Å². The Kier molecular flexibility index (Phi) is 10.8. The zero-order valence-electron chi connectivity index (χ0n) is 5.93. The van der Waals surface area contributed by atoms with E-state index in [4.69, 9.17) is 0 Å². The molecule has 2 nitrogen and oxygen atoms in total. The fourth-order valence-electron chi connectivity index (χ4n) is 0.429. The van der Waals surface area contributed by atoms with Gasteiger partial charge in [0.25, 0.3) is 0 Å². The molecule has 0 saturated heterocycles. The van der Waals surface area contributed by atoms with Crippen LogP contribution in [0.25, 0.3) is 0 Å². The predicted molar refractivity (Wildman–Crippen MR) is 39.1 cm³/mol. The Morgan fingerprint density at radius 2 is 2.20 bits per heavy atom. The maximum absolute atomic E-state index is 11.3. The number of esters is 1. The number of halogens is 2. The van der Waals surface area contributed by atoms with Gasteiger partial charge in [-0.1, -0.05) is 6.92 Å². The standard InChI is InChI=1S/C6H11FO2.ClH/c1-2-3-6(8)9-5-4-7;/h2-5H2,1H3;1H. The fourth-order valence-corrected chi connectivity index (χ4v) is 0.429. The summed E-state index contributed by atoms with van der Waals surface area (Å²) in [5.74, 6) is -0.310. The topological polar surface area (TPSA) is 26.3 Å². The first-order chi connectivity index (χ1) is 4.31. The quantitative estimate of drug-likeness (QED) is 0.601. The van der Waals surface area contributed by atoms with Crippen LogP contribution in [0.5, 0.6) is 0 Å². The van der Waals surface area contributed by atoms with Crippen molar-refractivity contribution in [2.45, 2.75) is 19.8 Å². The third-order valence-corrected chi connectivity index (χ3v) is 0.794. The average molecular weight is 171 g/mol. The van der Waals surface area contributed by atoms with Crippen LogP contribution in [0.1, 0.15) is 19.8 Å². The summed E-state index contributed by atoms with van der Waals surface area (Å²) in [6.45, 7) is 1.19. The van der Waals surface area contributed by atoms with Crippen molar-refractivity contribution in [2.24, 2.45) is 0 Å². The highest BCUT2D eigenvalue weighted by Crippen LogP contribution is 1.90. The van der Waals surface area contributed by atoms with E-state index in [1.54, 1.807) is 0 Å². The van der Waals surface area contributed by atoms with Crippen LogP contribution in [0.15, 0.2) is 0 Å². The van der Waals surface area contributed by atoms with E-state index in [-0.39, 0.29) is 25.0 Å². The summed E-state index contributed by atoms with van der Waals surface area (Å²) in [6, 6.07) is 0. The van der Waals surface area contributed by atoms with Crippen molar-refractivity contribution in [1.29, 1.82) is 0 Å². The van der Waals surface area contributed by atoms with E-state index in [1.165, 1.54) is 0 Å². The molecule has 62 valence electrons. The summed E-state index contributed by atoms with van der Waals surface area (Å²) in [6.07, 6.45) is 1.14. The van der Waals surface area contributed by atoms with E-state index < -0.39 is 6.67 Å². The van der Waals surface area contributed by atoms with Crippen molar-refractivity contribution in [2.75, 3.05) is 13.3 Å². The summed E-state index contributed by atoms with van der Waals surface area (Å²) in [4.78, 5) is 10.4. The molecule has 0 aliphatic carbocycles. The lowest BCUT2D eigenvalue weighted by Crippen LogP contribution is -2.05. The number of ether oxygens (including phenoxy) is 1. The zero-order valence-corrected chi connectivity index (χ0v) is 6.75. The number of carbonyl (C=O) groups is 1. The van der Waals surface area contributed by atoms with Crippen LogP contribution in [0.2, 0.25) is 0 Å². The molecular weight excluding hydrogens is 159 g/mol. The molecule has 0 aliphatic heterocycles. The number of hydrogen-bond acceptors (Lipinski definition) is 2. The van der Waals surface area contributed by atoms with Crippen molar-refractivity contribution in [3.05, 3.63) is 0 Å². The zero-order chi connectivity index (χ0) is 7.11. The van der Waals surface area contributed by atoms with E-state index in [1.807, 2.05) is 6.92 Å². The van der Waals surface area contributed by atoms with Gasteiger partial charge >= 0.3 is 5.97 Å². The summed E-state index contributed by atoms with van der Waals surface area (Å²) < 4.78 is 15.7. The first-order valence-corrected chi connectivity index (χ1v) is 3.02. The Bertz CT molecular complexity index is 87.8. The third-order valence-electron chi connectivity index (χ3n) is 0.794. The second kappa shape index (κ2) is 8.69. The predicted octanol–water partition coefficient (Wildman–Crippen LogP) is 1.72. The Labute approximate surface area is 66.2 Å². The molecule has 0 aromatic carbocycles. The molecule has 10 heavy (non-hydrogen) atoms. The summed E-state index contributed by atoms with van der Waals surface area (Å²) in [5, 5.41) is 0. The van der Waals surface area contributed by atoms with Crippen LogP contribution < -0.4 is 0 Å². The lowest BCUT2D eigenvalue weighted by molar-refractivity contribution is -0.144. The lowest BCUT2D eigenvalue weighted by atomic mass is 10.3. The monoisotopic (exact) mass is 170 g/mol. The molecular formula is C6H12ClFO2. The molecule has 0 atom stereocenters. The van der Waals surface area contributed by atoms with Crippen molar-refractivity contribution in [3.63, 3.8) is 0 Å². The molecule has 0 amide bonds. The van der Waals surface area contributed by atoms with E-state index in [9.17, 15) is 9.18 Å². The second-order valence-electron chi connectivity index (χ2n) is 1.66. The van der Waals surface area contributed by atoms with E-state index in [2.05, 4.69) is 4.74 Å². The number of hydrogen-bond donors (Lipinski definition) is 0. The molecule has 0 radical (unpaired) electrons. The van der Waals surface area contributed by atoms with E-state index in [0.29, 0.717) is 6.42 Å². The highest BCUT2D eigenvalue weighted by molar-refractivity contribution is 5.85. The Hall–Kier alpha value is -0.310. The van der Waals surface area contributed by atoms with Crippen molar-refractivity contribution in [3.8, 4) is 0 Å². The fraction of sp³-hybridized carbons (Fsp3) is 0.833. The SMILES string of the molecule is CCCC(=O)OCCF.Cl. The van der Waals surface area contributed by atoms with Gasteiger partial charge in [-0.15, -0.1) is 12.4 Å². The molecule has 0 unspecified atom stereocenters. The van der Waals surface area contributed by atoms with Crippen molar-refractivity contribution in [1.82, 2.24) is 0 Å². The molecule has 0 rings (SSSR count). The van der Waals surface area contributed by atoms with E-state index >= 15 is 0 Å². The minimum absolute atomic E-state index is 0. The van der Waals surface area contributed by atoms with Gasteiger partial charge in [0.05, 0.1) is 0 Å². The van der Waals surface area contributed by atoms with Gasteiger partial charge in [0, 0.05) is 6.42 Å². The largest absolute Gasteiger partial charge is 0.463 e. The number of carbonyl (C=O) groups excluding carboxylic acids is 1. The molecule has 0 aromatic heterocycles. The molecule has 0 bridgehead atoms. The minimum Gasteiger partial charge on any atom is -0.463 e. The van der Waals surface area contributed by atoms with Gasteiger partial charge in [-0.3, -0.25) is 4.79 Å². The summed E-state index contributed by atoms with van der Waals surface area (Å²) >= 11 is 0. The molecule has 0 N–H and O–H groups in total. The normalized spacial score (nSPS) is 8.20. The van der Waals surface area contributed by atoms with Crippen LogP contribution in [-0.4, -0.2) is 19.3 Å². The highest BCUT2D eigenvalue weighted by Gasteiger charge is 1.97.